The molecule has 0 amide bonds. The monoisotopic (exact) mass is 349 g/mol. The van der Waals surface area contributed by atoms with Gasteiger partial charge in [-0.3, -0.25) is 4.98 Å². The summed E-state index contributed by atoms with van der Waals surface area (Å²) in [4.78, 5) is 13.2. The van der Waals surface area contributed by atoms with Gasteiger partial charge in [0.2, 0.25) is 0 Å². The van der Waals surface area contributed by atoms with Crippen LogP contribution in [0.3, 0.4) is 0 Å². The molecule has 0 aliphatic rings. The van der Waals surface area contributed by atoms with Crippen LogP contribution in [0, 0.1) is 6.92 Å². The fourth-order valence-corrected chi connectivity index (χ4v) is 2.59. The number of aromatic hydroxyl groups is 1. The number of benzene rings is 1. The molecule has 26 heavy (non-hydrogen) atoms. The first-order valence-corrected chi connectivity index (χ1v) is 8.65. The minimum atomic E-state index is 0.0658. The number of phenols is 1. The van der Waals surface area contributed by atoms with Crippen LogP contribution in [-0.4, -0.2) is 32.6 Å². The number of rotatable bonds is 6. The normalized spacial score (nSPS) is 12.0. The average Bonchev–Trinajstić information content (AvgIpc) is 2.66. The summed E-state index contributed by atoms with van der Waals surface area (Å²) in [6.45, 7) is 4.58. The van der Waals surface area contributed by atoms with Gasteiger partial charge in [0.25, 0.3) is 0 Å². The van der Waals surface area contributed by atoms with E-state index < -0.39 is 0 Å². The standard InChI is InChI=1S/C20H23N5O/c1-3-16(21)12-23-19-9-13(2)24-20(25-19)17-10-14(6-7-18(17)26)15-5-4-8-22-11-15/h4-11,16,26H,3,12,21H2,1-2H3,(H,23,24,25)/t16-/m0/s1. The lowest BCUT2D eigenvalue weighted by molar-refractivity contribution is 0.477. The molecular formula is C20H23N5O. The number of pyridine rings is 1. The summed E-state index contributed by atoms with van der Waals surface area (Å²) in [6, 6.07) is 11.2. The second kappa shape index (κ2) is 7.93. The Morgan fingerprint density at radius 2 is 2.00 bits per heavy atom. The first-order chi connectivity index (χ1) is 12.6. The van der Waals surface area contributed by atoms with Crippen molar-refractivity contribution >= 4 is 5.82 Å². The highest BCUT2D eigenvalue weighted by Crippen LogP contribution is 2.32. The third kappa shape index (κ3) is 4.15. The van der Waals surface area contributed by atoms with Crippen molar-refractivity contribution in [3.8, 4) is 28.3 Å². The summed E-state index contributed by atoms with van der Waals surface area (Å²) < 4.78 is 0. The highest BCUT2D eigenvalue weighted by Gasteiger charge is 2.12. The van der Waals surface area contributed by atoms with E-state index in [1.54, 1.807) is 18.5 Å². The van der Waals surface area contributed by atoms with Crippen molar-refractivity contribution in [3.63, 3.8) is 0 Å². The predicted octanol–water partition coefficient (Wildman–Crippen LogP) is 3.37. The smallest absolute Gasteiger partial charge is 0.165 e. The fourth-order valence-electron chi connectivity index (χ4n) is 2.59. The number of aromatic nitrogens is 3. The van der Waals surface area contributed by atoms with Crippen LogP contribution in [0.2, 0.25) is 0 Å². The molecule has 0 bridgehead atoms. The zero-order valence-electron chi connectivity index (χ0n) is 15.0. The molecule has 0 fully saturated rings. The number of nitrogens with one attached hydrogen (secondary N) is 1. The van der Waals surface area contributed by atoms with Gasteiger partial charge in [-0.1, -0.05) is 19.1 Å². The van der Waals surface area contributed by atoms with E-state index in [1.807, 2.05) is 44.2 Å². The molecule has 0 aliphatic carbocycles. The van der Waals surface area contributed by atoms with Gasteiger partial charge < -0.3 is 16.2 Å². The fraction of sp³-hybridized carbons (Fsp3) is 0.250. The molecule has 2 heterocycles. The maximum Gasteiger partial charge on any atom is 0.165 e. The molecule has 0 spiro atoms. The first-order valence-electron chi connectivity index (χ1n) is 8.65. The second-order valence-corrected chi connectivity index (χ2v) is 6.24. The average molecular weight is 349 g/mol. The van der Waals surface area contributed by atoms with Gasteiger partial charge in [0.1, 0.15) is 11.6 Å². The number of hydrogen-bond acceptors (Lipinski definition) is 6. The van der Waals surface area contributed by atoms with Crippen molar-refractivity contribution in [2.24, 2.45) is 5.73 Å². The van der Waals surface area contributed by atoms with Gasteiger partial charge in [-0.15, -0.1) is 0 Å². The summed E-state index contributed by atoms with van der Waals surface area (Å²) in [5.74, 6) is 1.31. The Hall–Kier alpha value is -2.99. The number of nitrogens with zero attached hydrogens (tertiary/aromatic N) is 3. The SMILES string of the molecule is CC[C@H](N)CNc1cc(C)nc(-c2cc(-c3cccnc3)ccc2O)n1. The van der Waals surface area contributed by atoms with Crippen molar-refractivity contribution in [1.29, 1.82) is 0 Å². The Morgan fingerprint density at radius 1 is 1.15 bits per heavy atom. The second-order valence-electron chi connectivity index (χ2n) is 6.24. The van der Waals surface area contributed by atoms with Crippen molar-refractivity contribution in [2.75, 3.05) is 11.9 Å². The maximum absolute atomic E-state index is 10.3. The molecule has 1 atom stereocenters. The summed E-state index contributed by atoms with van der Waals surface area (Å²) >= 11 is 0. The molecule has 2 aromatic heterocycles. The van der Waals surface area contributed by atoms with Gasteiger partial charge in [-0.25, -0.2) is 9.97 Å². The van der Waals surface area contributed by atoms with Crippen LogP contribution < -0.4 is 11.1 Å². The number of aryl methyl sites for hydroxylation is 1. The van der Waals surface area contributed by atoms with Crippen molar-refractivity contribution in [2.45, 2.75) is 26.3 Å². The van der Waals surface area contributed by atoms with Gasteiger partial charge in [0.05, 0.1) is 5.56 Å². The molecule has 0 unspecified atom stereocenters. The molecule has 3 aromatic rings. The van der Waals surface area contributed by atoms with Crippen LogP contribution in [0.4, 0.5) is 5.82 Å². The molecule has 0 aliphatic heterocycles. The Labute approximate surface area is 153 Å². The predicted molar refractivity (Wildman–Crippen MR) is 104 cm³/mol. The van der Waals surface area contributed by atoms with E-state index in [0.29, 0.717) is 23.8 Å². The highest BCUT2D eigenvalue weighted by molar-refractivity contribution is 5.74. The molecule has 0 saturated carbocycles. The summed E-state index contributed by atoms with van der Waals surface area (Å²) in [6.07, 6.45) is 4.40. The molecule has 6 heteroatoms. The summed E-state index contributed by atoms with van der Waals surface area (Å²) in [5.41, 5.74) is 9.27. The third-order valence-electron chi connectivity index (χ3n) is 4.16. The van der Waals surface area contributed by atoms with Crippen LogP contribution in [0.1, 0.15) is 19.0 Å². The van der Waals surface area contributed by atoms with E-state index in [0.717, 1.165) is 23.2 Å². The number of phenolic OH excluding ortho intramolecular Hbond substituents is 1. The minimum absolute atomic E-state index is 0.0658. The molecule has 1 aromatic carbocycles. The first kappa shape index (κ1) is 17.8. The quantitative estimate of drug-likeness (QED) is 0.631. The van der Waals surface area contributed by atoms with E-state index in [1.165, 1.54) is 0 Å². The van der Waals surface area contributed by atoms with Crippen molar-refractivity contribution in [1.82, 2.24) is 15.0 Å². The van der Waals surface area contributed by atoms with Gasteiger partial charge >= 0.3 is 0 Å². The van der Waals surface area contributed by atoms with Gasteiger partial charge in [0.15, 0.2) is 5.82 Å². The topological polar surface area (TPSA) is 97.0 Å². The summed E-state index contributed by atoms with van der Waals surface area (Å²) in [5, 5.41) is 13.6. The number of anilines is 1. The lowest BCUT2D eigenvalue weighted by Gasteiger charge is -2.13. The number of nitrogens with two attached hydrogens (primary N) is 1. The summed E-state index contributed by atoms with van der Waals surface area (Å²) in [7, 11) is 0. The molecule has 0 saturated heterocycles. The minimum Gasteiger partial charge on any atom is -0.507 e. The Balaban J connectivity index is 1.96. The molecule has 134 valence electrons. The Morgan fingerprint density at radius 3 is 2.73 bits per heavy atom. The van der Waals surface area contributed by atoms with Gasteiger partial charge in [-0.2, -0.15) is 0 Å². The largest absolute Gasteiger partial charge is 0.507 e. The van der Waals surface area contributed by atoms with E-state index in [2.05, 4.69) is 20.3 Å². The molecule has 6 nitrogen and oxygen atoms in total. The third-order valence-corrected chi connectivity index (χ3v) is 4.16. The molecule has 3 rings (SSSR count). The van der Waals surface area contributed by atoms with Crippen LogP contribution in [0.15, 0.2) is 48.8 Å². The van der Waals surface area contributed by atoms with Crippen molar-refractivity contribution < 1.29 is 5.11 Å². The van der Waals surface area contributed by atoms with Crippen LogP contribution >= 0.6 is 0 Å². The zero-order valence-corrected chi connectivity index (χ0v) is 15.0. The Kier molecular flexibility index (Phi) is 5.43. The molecule has 0 radical (unpaired) electrons. The van der Waals surface area contributed by atoms with E-state index in [9.17, 15) is 5.11 Å². The van der Waals surface area contributed by atoms with Crippen LogP contribution in [0.25, 0.3) is 22.5 Å². The van der Waals surface area contributed by atoms with E-state index >= 15 is 0 Å². The lowest BCUT2D eigenvalue weighted by atomic mass is 10.0. The van der Waals surface area contributed by atoms with Gasteiger partial charge in [-0.05, 0) is 37.1 Å². The van der Waals surface area contributed by atoms with Crippen molar-refractivity contribution in [3.05, 3.63) is 54.5 Å². The highest BCUT2D eigenvalue weighted by atomic mass is 16.3. The van der Waals surface area contributed by atoms with Gasteiger partial charge in [0, 0.05) is 42.3 Å². The van der Waals surface area contributed by atoms with Crippen LogP contribution in [0.5, 0.6) is 5.75 Å². The maximum atomic E-state index is 10.3. The van der Waals surface area contributed by atoms with Crippen LogP contribution in [-0.2, 0) is 0 Å². The molecule has 4 N–H and O–H groups in total. The lowest BCUT2D eigenvalue weighted by Crippen LogP contribution is -2.28. The van der Waals surface area contributed by atoms with E-state index in [4.69, 9.17) is 5.73 Å². The van der Waals surface area contributed by atoms with E-state index in [-0.39, 0.29) is 11.8 Å². The molecular weight excluding hydrogens is 326 g/mol. The Bertz CT molecular complexity index is 883. The zero-order chi connectivity index (χ0) is 18.5. The number of hydrogen-bond donors (Lipinski definition) is 3.